The number of aliphatic hydroxyl groups excluding tert-OH is 1. The molecule has 0 spiro atoms. The molecule has 148 valence electrons. The summed E-state index contributed by atoms with van der Waals surface area (Å²) in [5, 5.41) is 10.7. The molecule has 0 amide bonds. The van der Waals surface area contributed by atoms with E-state index in [0.717, 1.165) is 22.4 Å². The van der Waals surface area contributed by atoms with Gasteiger partial charge in [-0.3, -0.25) is 0 Å². The first-order valence-corrected chi connectivity index (χ1v) is 10.6. The molecule has 1 heterocycles. The van der Waals surface area contributed by atoms with Gasteiger partial charge in [0.1, 0.15) is 5.75 Å². The van der Waals surface area contributed by atoms with E-state index in [1.54, 1.807) is 31.4 Å². The molecule has 0 radical (unpaired) electrons. The highest BCUT2D eigenvalue weighted by Crippen LogP contribution is 2.31. The van der Waals surface area contributed by atoms with Crippen LogP contribution in [-0.2, 0) is 10.0 Å². The van der Waals surface area contributed by atoms with E-state index in [1.807, 2.05) is 50.3 Å². The molecule has 2 aromatic rings. The molecule has 1 aliphatic heterocycles. The molecule has 1 aliphatic rings. The average molecular weight is 400 g/mol. The number of rotatable bonds is 5. The van der Waals surface area contributed by atoms with Crippen LogP contribution in [0.1, 0.15) is 18.1 Å². The van der Waals surface area contributed by atoms with Crippen LogP contribution in [0.5, 0.6) is 5.75 Å². The Balaban J connectivity index is 1.98. The van der Waals surface area contributed by atoms with Gasteiger partial charge in [0.05, 0.1) is 18.1 Å². The van der Waals surface area contributed by atoms with Gasteiger partial charge in [0.25, 0.3) is 0 Å². The number of hydrogen-bond acceptors (Lipinski definition) is 4. The number of ether oxygens (including phenoxy) is 1. The first-order chi connectivity index (χ1) is 13.4. The third-order valence-electron chi connectivity index (χ3n) is 4.86. The SMILES string of the molecule is C/C=C/C(=C1/CN(S(=O)(=O)c2ccc(C)cc2)CC1O)c1ccc(OC)cc1. The number of nitrogens with zero attached hydrogens (tertiary/aromatic N) is 1. The van der Waals surface area contributed by atoms with Crippen LogP contribution >= 0.6 is 0 Å². The number of benzene rings is 2. The highest BCUT2D eigenvalue weighted by atomic mass is 32.2. The predicted octanol–water partition coefficient (Wildman–Crippen LogP) is 3.40. The van der Waals surface area contributed by atoms with Crippen molar-refractivity contribution >= 4 is 15.6 Å². The Hall–Kier alpha value is -2.41. The second-order valence-electron chi connectivity index (χ2n) is 6.79. The van der Waals surface area contributed by atoms with Crippen LogP contribution in [0.4, 0.5) is 0 Å². The maximum atomic E-state index is 13.0. The number of hydrogen-bond donors (Lipinski definition) is 1. The minimum absolute atomic E-state index is 0.0444. The minimum Gasteiger partial charge on any atom is -0.497 e. The quantitative estimate of drug-likeness (QED) is 0.837. The van der Waals surface area contributed by atoms with Gasteiger partial charge in [-0.1, -0.05) is 42.0 Å². The van der Waals surface area contributed by atoms with E-state index in [4.69, 9.17) is 4.74 Å². The molecule has 1 unspecified atom stereocenters. The predicted molar refractivity (Wildman–Crippen MR) is 111 cm³/mol. The molecule has 3 rings (SSSR count). The van der Waals surface area contributed by atoms with Crippen LogP contribution in [0.15, 0.2) is 71.2 Å². The van der Waals surface area contributed by atoms with Gasteiger partial charge < -0.3 is 9.84 Å². The Labute approximate surface area is 166 Å². The van der Waals surface area contributed by atoms with Crippen molar-refractivity contribution in [1.82, 2.24) is 4.31 Å². The Morgan fingerprint density at radius 2 is 1.79 bits per heavy atom. The lowest BCUT2D eigenvalue weighted by molar-refractivity contribution is 0.217. The van der Waals surface area contributed by atoms with Crippen LogP contribution < -0.4 is 4.74 Å². The summed E-state index contributed by atoms with van der Waals surface area (Å²) in [5.41, 5.74) is 3.43. The molecular formula is C22H25NO4S. The number of aryl methyl sites for hydroxylation is 1. The summed E-state index contributed by atoms with van der Waals surface area (Å²) in [7, 11) is -2.06. The monoisotopic (exact) mass is 399 g/mol. The summed E-state index contributed by atoms with van der Waals surface area (Å²) in [6, 6.07) is 14.3. The van der Waals surface area contributed by atoms with Gasteiger partial charge in [-0.2, -0.15) is 4.31 Å². The fourth-order valence-corrected chi connectivity index (χ4v) is 4.72. The van der Waals surface area contributed by atoms with Gasteiger partial charge in [-0.15, -0.1) is 0 Å². The number of allylic oxidation sites excluding steroid dienone is 3. The summed E-state index contributed by atoms with van der Waals surface area (Å²) in [4.78, 5) is 0.239. The zero-order valence-corrected chi connectivity index (χ0v) is 17.1. The fraction of sp³-hybridized carbons (Fsp3) is 0.273. The second-order valence-corrected chi connectivity index (χ2v) is 8.73. The van der Waals surface area contributed by atoms with Crippen molar-refractivity contribution in [2.45, 2.75) is 24.8 Å². The summed E-state index contributed by atoms with van der Waals surface area (Å²) in [6.07, 6.45) is 2.94. The van der Waals surface area contributed by atoms with Crippen molar-refractivity contribution in [2.75, 3.05) is 20.2 Å². The third kappa shape index (κ3) is 4.04. The van der Waals surface area contributed by atoms with Crippen molar-refractivity contribution in [3.63, 3.8) is 0 Å². The van der Waals surface area contributed by atoms with E-state index in [0.29, 0.717) is 5.57 Å². The van der Waals surface area contributed by atoms with E-state index in [9.17, 15) is 13.5 Å². The van der Waals surface area contributed by atoms with E-state index in [2.05, 4.69) is 0 Å². The Bertz CT molecular complexity index is 990. The van der Waals surface area contributed by atoms with Crippen molar-refractivity contribution in [3.05, 3.63) is 77.4 Å². The van der Waals surface area contributed by atoms with Gasteiger partial charge in [0, 0.05) is 13.1 Å². The van der Waals surface area contributed by atoms with Gasteiger partial charge in [-0.05, 0) is 54.8 Å². The van der Waals surface area contributed by atoms with Crippen LogP contribution in [-0.4, -0.2) is 44.1 Å². The lowest BCUT2D eigenvalue weighted by atomic mass is 9.97. The van der Waals surface area contributed by atoms with Crippen molar-refractivity contribution in [2.24, 2.45) is 0 Å². The lowest BCUT2D eigenvalue weighted by Gasteiger charge is -2.15. The van der Waals surface area contributed by atoms with E-state index < -0.39 is 16.1 Å². The molecule has 0 aliphatic carbocycles. The highest BCUT2D eigenvalue weighted by Gasteiger charge is 2.36. The Morgan fingerprint density at radius 3 is 2.36 bits per heavy atom. The highest BCUT2D eigenvalue weighted by molar-refractivity contribution is 7.89. The van der Waals surface area contributed by atoms with Crippen molar-refractivity contribution in [1.29, 1.82) is 0 Å². The zero-order chi connectivity index (χ0) is 20.3. The van der Waals surface area contributed by atoms with Gasteiger partial charge in [-0.25, -0.2) is 8.42 Å². The number of aliphatic hydroxyl groups is 1. The maximum Gasteiger partial charge on any atom is 0.243 e. The molecule has 1 atom stereocenters. The third-order valence-corrected chi connectivity index (χ3v) is 6.69. The molecule has 1 fully saturated rings. The summed E-state index contributed by atoms with van der Waals surface area (Å²) in [5.74, 6) is 0.740. The zero-order valence-electron chi connectivity index (χ0n) is 16.3. The van der Waals surface area contributed by atoms with Crippen LogP contribution in [0, 0.1) is 6.92 Å². The van der Waals surface area contributed by atoms with Crippen LogP contribution in [0.3, 0.4) is 0 Å². The first kappa shape index (κ1) is 20.3. The number of β-amino-alcohol motifs (C(OH)–C–C–N with tert-alkyl or cyclic N) is 1. The number of sulfonamides is 1. The van der Waals surface area contributed by atoms with Crippen molar-refractivity contribution in [3.8, 4) is 5.75 Å². The second kappa shape index (κ2) is 8.31. The normalized spacial score (nSPS) is 19.9. The number of methoxy groups -OCH3 is 1. The lowest BCUT2D eigenvalue weighted by Crippen LogP contribution is -2.29. The smallest absolute Gasteiger partial charge is 0.243 e. The first-order valence-electron chi connectivity index (χ1n) is 9.12. The van der Waals surface area contributed by atoms with Gasteiger partial charge in [0.15, 0.2) is 0 Å². The molecule has 1 saturated heterocycles. The fourth-order valence-electron chi connectivity index (χ4n) is 3.30. The molecule has 0 bridgehead atoms. The van der Waals surface area contributed by atoms with E-state index in [1.165, 1.54) is 4.31 Å². The molecule has 1 N–H and O–H groups in total. The maximum absolute atomic E-state index is 13.0. The van der Waals surface area contributed by atoms with Crippen LogP contribution in [0.25, 0.3) is 5.57 Å². The molecule has 6 heteroatoms. The Morgan fingerprint density at radius 1 is 1.14 bits per heavy atom. The van der Waals surface area contributed by atoms with Gasteiger partial charge in [0.2, 0.25) is 10.0 Å². The minimum atomic E-state index is -3.67. The molecule has 28 heavy (non-hydrogen) atoms. The average Bonchev–Trinajstić information content (AvgIpc) is 3.09. The Kier molecular flexibility index (Phi) is 6.03. The summed E-state index contributed by atoms with van der Waals surface area (Å²) >= 11 is 0. The molecular weight excluding hydrogens is 374 g/mol. The topological polar surface area (TPSA) is 66.8 Å². The molecule has 2 aromatic carbocycles. The van der Waals surface area contributed by atoms with E-state index >= 15 is 0 Å². The van der Waals surface area contributed by atoms with Crippen LogP contribution in [0.2, 0.25) is 0 Å². The van der Waals surface area contributed by atoms with Gasteiger partial charge >= 0.3 is 0 Å². The summed E-state index contributed by atoms with van der Waals surface area (Å²) < 4.78 is 32.5. The standard InChI is InChI=1S/C22H25NO4S/c1-4-5-20(17-8-10-18(27-3)11-9-17)21-14-23(15-22(21)24)28(25,26)19-12-6-16(2)7-13-19/h4-13,22,24H,14-15H2,1-3H3/b5-4+,21-20+. The largest absolute Gasteiger partial charge is 0.497 e. The molecule has 0 aromatic heterocycles. The molecule has 0 saturated carbocycles. The molecule has 5 nitrogen and oxygen atoms in total. The summed E-state index contributed by atoms with van der Waals surface area (Å²) in [6.45, 7) is 4.01. The van der Waals surface area contributed by atoms with Crippen molar-refractivity contribution < 1.29 is 18.3 Å². The van der Waals surface area contributed by atoms with E-state index in [-0.39, 0.29) is 18.0 Å².